The summed E-state index contributed by atoms with van der Waals surface area (Å²) in [5.74, 6) is -0.528. The van der Waals surface area contributed by atoms with Crippen LogP contribution in [-0.2, 0) is 19.9 Å². The number of aryl methyl sites for hydroxylation is 1. The Kier molecular flexibility index (Phi) is 5.47. The quantitative estimate of drug-likeness (QED) is 0.434. The van der Waals surface area contributed by atoms with E-state index >= 15 is 0 Å². The Labute approximate surface area is 186 Å². The molecule has 0 fully saturated rings. The largest absolute Gasteiger partial charge is 0.268 e. The summed E-state index contributed by atoms with van der Waals surface area (Å²) in [6, 6.07) is 15.1. The zero-order chi connectivity index (χ0) is 23.1. The lowest BCUT2D eigenvalue weighted by molar-refractivity contribution is 0.587. The van der Waals surface area contributed by atoms with E-state index in [1.54, 1.807) is 31.2 Å². The van der Waals surface area contributed by atoms with Gasteiger partial charge in [-0.1, -0.05) is 24.3 Å². The van der Waals surface area contributed by atoms with Crippen LogP contribution in [0.3, 0.4) is 0 Å². The average Bonchev–Trinajstić information content (AvgIpc) is 3.16. The number of sulfone groups is 1. The maximum atomic E-state index is 14.4. The number of pyridine rings is 1. The summed E-state index contributed by atoms with van der Waals surface area (Å²) < 4.78 is 66.2. The molecule has 6 nitrogen and oxygen atoms in total. The summed E-state index contributed by atoms with van der Waals surface area (Å²) in [5.41, 5.74) is 1.99. The molecule has 2 aromatic heterocycles. The van der Waals surface area contributed by atoms with Gasteiger partial charge < -0.3 is 0 Å². The molecule has 2 heterocycles. The van der Waals surface area contributed by atoms with Gasteiger partial charge in [-0.2, -0.15) is 0 Å². The number of nitrogens with zero attached hydrogens (tertiary/aromatic N) is 2. The van der Waals surface area contributed by atoms with Crippen LogP contribution in [0.25, 0.3) is 22.4 Å². The van der Waals surface area contributed by atoms with Crippen molar-refractivity contribution in [2.45, 2.75) is 16.7 Å². The Morgan fingerprint density at radius 1 is 0.844 bits per heavy atom. The second-order valence-electron chi connectivity index (χ2n) is 7.39. The van der Waals surface area contributed by atoms with Gasteiger partial charge in [0, 0.05) is 36.0 Å². The fourth-order valence-electron chi connectivity index (χ4n) is 3.36. The van der Waals surface area contributed by atoms with Crippen molar-refractivity contribution in [2.75, 3.05) is 6.26 Å². The number of halogens is 1. The topological polar surface area (TPSA) is 86.1 Å². The highest BCUT2D eigenvalue weighted by Crippen LogP contribution is 2.30. The first-order valence-electron chi connectivity index (χ1n) is 9.52. The van der Waals surface area contributed by atoms with Gasteiger partial charge in [-0.05, 0) is 54.4 Å². The molecule has 0 amide bonds. The van der Waals surface area contributed by atoms with E-state index in [1.165, 1.54) is 55.0 Å². The Morgan fingerprint density at radius 3 is 2.28 bits per heavy atom. The van der Waals surface area contributed by atoms with Crippen molar-refractivity contribution in [2.24, 2.45) is 0 Å². The lowest BCUT2D eigenvalue weighted by atomic mass is 10.1. The minimum atomic E-state index is -4.07. The minimum absolute atomic E-state index is 0.0204. The maximum absolute atomic E-state index is 14.4. The number of hydrogen-bond donors (Lipinski definition) is 0. The van der Waals surface area contributed by atoms with E-state index in [0.717, 1.165) is 10.2 Å². The van der Waals surface area contributed by atoms with E-state index in [4.69, 9.17) is 0 Å². The lowest BCUT2D eigenvalue weighted by Gasteiger charge is -2.12. The van der Waals surface area contributed by atoms with Crippen LogP contribution < -0.4 is 0 Å². The Morgan fingerprint density at radius 2 is 1.56 bits per heavy atom. The van der Waals surface area contributed by atoms with Gasteiger partial charge in [-0.3, -0.25) is 4.98 Å². The van der Waals surface area contributed by atoms with Gasteiger partial charge in [-0.25, -0.2) is 25.2 Å². The maximum Gasteiger partial charge on any atom is 0.268 e. The molecule has 0 aliphatic rings. The monoisotopic (exact) mass is 470 g/mol. The first kappa shape index (κ1) is 21.9. The van der Waals surface area contributed by atoms with Crippen molar-refractivity contribution in [3.63, 3.8) is 0 Å². The molecular weight excluding hydrogens is 451 g/mol. The van der Waals surface area contributed by atoms with Gasteiger partial charge in [-0.15, -0.1) is 0 Å². The van der Waals surface area contributed by atoms with Crippen LogP contribution in [0.5, 0.6) is 0 Å². The first-order valence-corrected chi connectivity index (χ1v) is 12.9. The standard InChI is InChI=1S/C23H19FN2O4S2/c1-16-10-23(21-8-3-4-9-22(21)24)26(15-16)32(29,30)19-7-5-6-17(11-19)18-12-20(14-25-13-18)31(2,27)28/h3-15H,1-2H3. The van der Waals surface area contributed by atoms with E-state index < -0.39 is 25.7 Å². The number of benzene rings is 2. The summed E-state index contributed by atoms with van der Waals surface area (Å²) in [6.45, 7) is 1.73. The molecule has 0 saturated carbocycles. The van der Waals surface area contributed by atoms with Gasteiger partial charge in [0.15, 0.2) is 9.84 Å². The van der Waals surface area contributed by atoms with Crippen molar-refractivity contribution in [1.29, 1.82) is 0 Å². The van der Waals surface area contributed by atoms with Crippen molar-refractivity contribution in [3.8, 4) is 22.4 Å². The molecule has 164 valence electrons. The third-order valence-electron chi connectivity index (χ3n) is 4.94. The normalized spacial score (nSPS) is 12.1. The molecule has 0 radical (unpaired) electrons. The second kappa shape index (κ2) is 7.99. The van der Waals surface area contributed by atoms with Crippen molar-refractivity contribution >= 4 is 19.9 Å². The number of hydrogen-bond acceptors (Lipinski definition) is 5. The zero-order valence-corrected chi connectivity index (χ0v) is 18.9. The fraction of sp³-hybridized carbons (Fsp3) is 0.0870. The summed E-state index contributed by atoms with van der Waals surface area (Å²) in [4.78, 5) is 3.98. The van der Waals surface area contributed by atoms with Gasteiger partial charge in [0.05, 0.1) is 15.5 Å². The Hall–Kier alpha value is -3.30. The summed E-state index contributed by atoms with van der Waals surface area (Å²) in [5, 5.41) is 0. The van der Waals surface area contributed by atoms with Crippen LogP contribution in [-0.4, -0.2) is 32.0 Å². The highest BCUT2D eigenvalue weighted by Gasteiger charge is 2.23. The van der Waals surface area contributed by atoms with Crippen LogP contribution in [0.1, 0.15) is 5.56 Å². The van der Waals surface area contributed by atoms with E-state index in [9.17, 15) is 21.2 Å². The van der Waals surface area contributed by atoms with Gasteiger partial charge in [0.25, 0.3) is 10.0 Å². The second-order valence-corrected chi connectivity index (χ2v) is 11.2. The predicted octanol–water partition coefficient (Wildman–Crippen LogP) is 4.31. The predicted molar refractivity (Wildman–Crippen MR) is 120 cm³/mol. The number of rotatable bonds is 5. The SMILES string of the molecule is Cc1cc(-c2ccccc2F)n(S(=O)(=O)c2cccc(-c3cncc(S(C)(=O)=O)c3)c2)c1. The summed E-state index contributed by atoms with van der Waals surface area (Å²) in [6.07, 6.45) is 5.22. The molecule has 0 spiro atoms. The molecule has 32 heavy (non-hydrogen) atoms. The molecular formula is C23H19FN2O4S2. The van der Waals surface area contributed by atoms with Crippen LogP contribution in [0, 0.1) is 12.7 Å². The fourth-order valence-corrected chi connectivity index (χ4v) is 5.43. The molecule has 0 aliphatic heterocycles. The number of aromatic nitrogens is 2. The molecule has 0 saturated heterocycles. The van der Waals surface area contributed by atoms with Crippen LogP contribution in [0.2, 0.25) is 0 Å². The van der Waals surface area contributed by atoms with Crippen LogP contribution in [0.4, 0.5) is 4.39 Å². The minimum Gasteiger partial charge on any atom is -0.263 e. The highest BCUT2D eigenvalue weighted by atomic mass is 32.2. The molecule has 9 heteroatoms. The molecule has 0 atom stereocenters. The molecule has 4 rings (SSSR count). The molecule has 2 aromatic carbocycles. The summed E-state index contributed by atoms with van der Waals surface area (Å²) in [7, 11) is -7.54. The van der Waals surface area contributed by atoms with E-state index in [1.807, 2.05) is 0 Å². The molecule has 0 N–H and O–H groups in total. The molecule has 0 unspecified atom stereocenters. The summed E-state index contributed by atoms with van der Waals surface area (Å²) >= 11 is 0. The van der Waals surface area contributed by atoms with E-state index in [2.05, 4.69) is 4.98 Å². The average molecular weight is 471 g/mol. The van der Waals surface area contributed by atoms with Gasteiger partial charge in [0.2, 0.25) is 0 Å². The molecule has 0 aliphatic carbocycles. The third kappa shape index (κ3) is 4.09. The lowest BCUT2D eigenvalue weighted by Crippen LogP contribution is -2.13. The highest BCUT2D eigenvalue weighted by molar-refractivity contribution is 7.90. The molecule has 4 aromatic rings. The zero-order valence-electron chi connectivity index (χ0n) is 17.2. The first-order chi connectivity index (χ1) is 15.1. The van der Waals surface area contributed by atoms with Gasteiger partial charge >= 0.3 is 0 Å². The van der Waals surface area contributed by atoms with E-state index in [-0.39, 0.29) is 21.0 Å². The molecule has 0 bridgehead atoms. The Bertz CT molecular complexity index is 1540. The van der Waals surface area contributed by atoms with Crippen molar-refractivity contribution in [1.82, 2.24) is 8.96 Å². The van der Waals surface area contributed by atoms with Gasteiger partial charge in [0.1, 0.15) is 5.82 Å². The van der Waals surface area contributed by atoms with Crippen molar-refractivity contribution < 1.29 is 21.2 Å². The van der Waals surface area contributed by atoms with Crippen LogP contribution >= 0.6 is 0 Å². The third-order valence-corrected chi connectivity index (χ3v) is 7.69. The van der Waals surface area contributed by atoms with Crippen molar-refractivity contribution in [3.05, 3.63) is 90.6 Å². The smallest absolute Gasteiger partial charge is 0.263 e. The van der Waals surface area contributed by atoms with E-state index in [0.29, 0.717) is 16.7 Å². The van der Waals surface area contributed by atoms with Crippen LogP contribution in [0.15, 0.2) is 89.0 Å². The Balaban J connectivity index is 1.84.